The SMILES string of the molecule is CN(C(=O)C(F)(F)F)c1ccc(Oc2ccnc(C#N)c2)cc1[N+](=O)[O-]. The molecule has 0 N–H and O–H groups in total. The first-order valence-electron chi connectivity index (χ1n) is 6.81. The van der Waals surface area contributed by atoms with Gasteiger partial charge in [0.05, 0.1) is 11.0 Å². The molecule has 2 rings (SSSR count). The molecule has 134 valence electrons. The van der Waals surface area contributed by atoms with Gasteiger partial charge in [-0.2, -0.15) is 18.4 Å². The highest BCUT2D eigenvalue weighted by Gasteiger charge is 2.43. The normalized spacial score (nSPS) is 10.7. The first-order chi connectivity index (χ1) is 12.1. The molecule has 1 amide bonds. The minimum atomic E-state index is -5.18. The van der Waals surface area contributed by atoms with E-state index in [1.807, 2.05) is 0 Å². The van der Waals surface area contributed by atoms with E-state index in [1.54, 1.807) is 6.07 Å². The lowest BCUT2D eigenvalue weighted by Gasteiger charge is -2.19. The van der Waals surface area contributed by atoms with Gasteiger partial charge >= 0.3 is 12.1 Å². The number of aromatic nitrogens is 1. The molecule has 0 aliphatic heterocycles. The quantitative estimate of drug-likeness (QED) is 0.607. The van der Waals surface area contributed by atoms with Gasteiger partial charge in [0, 0.05) is 19.3 Å². The van der Waals surface area contributed by atoms with E-state index in [4.69, 9.17) is 10.00 Å². The van der Waals surface area contributed by atoms with Crippen LogP contribution in [-0.4, -0.2) is 29.0 Å². The third-order valence-electron chi connectivity index (χ3n) is 3.13. The van der Waals surface area contributed by atoms with E-state index < -0.39 is 28.4 Å². The number of benzene rings is 1. The maximum atomic E-state index is 12.5. The van der Waals surface area contributed by atoms with Crippen molar-refractivity contribution in [2.45, 2.75) is 6.18 Å². The molecule has 1 heterocycles. The molecule has 0 spiro atoms. The standard InChI is InChI=1S/C15H9F3N4O4/c1-21(14(23)15(16,17)18)12-3-2-10(7-13(12)22(24)25)26-11-4-5-20-9(6-11)8-19/h2-7H,1H3. The van der Waals surface area contributed by atoms with E-state index in [2.05, 4.69) is 4.98 Å². The zero-order chi connectivity index (χ0) is 19.5. The predicted octanol–water partition coefficient (Wildman–Crippen LogP) is 3.18. The number of anilines is 1. The minimum Gasteiger partial charge on any atom is -0.457 e. The van der Waals surface area contributed by atoms with Gasteiger partial charge < -0.3 is 9.64 Å². The van der Waals surface area contributed by atoms with E-state index in [1.165, 1.54) is 18.3 Å². The number of amides is 1. The molecule has 11 heteroatoms. The van der Waals surface area contributed by atoms with Crippen molar-refractivity contribution in [3.63, 3.8) is 0 Å². The number of carbonyl (C=O) groups is 1. The highest BCUT2D eigenvalue weighted by atomic mass is 19.4. The van der Waals surface area contributed by atoms with Gasteiger partial charge in [0.25, 0.3) is 5.69 Å². The van der Waals surface area contributed by atoms with Gasteiger partial charge in [-0.3, -0.25) is 14.9 Å². The van der Waals surface area contributed by atoms with Gasteiger partial charge in [0.2, 0.25) is 0 Å². The number of nitrogens with zero attached hydrogens (tertiary/aromatic N) is 4. The van der Waals surface area contributed by atoms with Crippen LogP contribution in [0, 0.1) is 21.4 Å². The van der Waals surface area contributed by atoms with Gasteiger partial charge in [-0.25, -0.2) is 4.98 Å². The van der Waals surface area contributed by atoms with Crippen LogP contribution in [0.4, 0.5) is 24.5 Å². The zero-order valence-electron chi connectivity index (χ0n) is 13.0. The Bertz CT molecular complexity index is 908. The molecule has 26 heavy (non-hydrogen) atoms. The third kappa shape index (κ3) is 4.04. The second-order valence-corrected chi connectivity index (χ2v) is 4.86. The molecule has 0 radical (unpaired) electrons. The molecule has 0 aliphatic carbocycles. The van der Waals surface area contributed by atoms with Crippen LogP contribution in [0.15, 0.2) is 36.5 Å². The third-order valence-corrected chi connectivity index (χ3v) is 3.13. The van der Waals surface area contributed by atoms with Crippen molar-refractivity contribution < 1.29 is 27.6 Å². The summed E-state index contributed by atoms with van der Waals surface area (Å²) in [5.74, 6) is -2.16. The highest BCUT2D eigenvalue weighted by molar-refractivity contribution is 5.98. The number of nitriles is 1. The summed E-state index contributed by atoms with van der Waals surface area (Å²) in [6.07, 6.45) is -3.89. The molecule has 0 fully saturated rings. The van der Waals surface area contributed by atoms with Crippen molar-refractivity contribution in [2.24, 2.45) is 0 Å². The summed E-state index contributed by atoms with van der Waals surface area (Å²) in [6, 6.07) is 7.45. The van der Waals surface area contributed by atoms with Crippen LogP contribution in [0.5, 0.6) is 11.5 Å². The molecule has 8 nitrogen and oxygen atoms in total. The van der Waals surface area contributed by atoms with Gasteiger partial charge in [-0.15, -0.1) is 0 Å². The van der Waals surface area contributed by atoms with Crippen molar-refractivity contribution in [3.8, 4) is 17.6 Å². The molecule has 1 aromatic heterocycles. The molecule has 0 unspecified atom stereocenters. The van der Waals surface area contributed by atoms with E-state index in [9.17, 15) is 28.1 Å². The maximum Gasteiger partial charge on any atom is 0.471 e. The minimum absolute atomic E-state index is 0.0455. The number of nitro benzene ring substituents is 1. The van der Waals surface area contributed by atoms with Crippen molar-refractivity contribution in [1.29, 1.82) is 5.26 Å². The summed E-state index contributed by atoms with van der Waals surface area (Å²) in [4.78, 5) is 25.4. The number of ether oxygens (including phenoxy) is 1. The Hall–Kier alpha value is -3.68. The van der Waals surface area contributed by atoms with Crippen LogP contribution >= 0.6 is 0 Å². The molecule has 0 aliphatic rings. The Labute approximate surface area is 144 Å². The lowest BCUT2D eigenvalue weighted by molar-refractivity contribution is -0.384. The average Bonchev–Trinajstić information content (AvgIpc) is 2.59. The second-order valence-electron chi connectivity index (χ2n) is 4.86. The van der Waals surface area contributed by atoms with E-state index >= 15 is 0 Å². The summed E-state index contributed by atoms with van der Waals surface area (Å²) in [5.41, 5.74) is -1.25. The largest absolute Gasteiger partial charge is 0.471 e. The topological polar surface area (TPSA) is 109 Å². The van der Waals surface area contributed by atoms with Crippen LogP contribution in [0.25, 0.3) is 0 Å². The van der Waals surface area contributed by atoms with Crippen LogP contribution in [-0.2, 0) is 4.79 Å². The number of pyridine rings is 1. The molecule has 0 saturated heterocycles. The van der Waals surface area contributed by atoms with Gasteiger partial charge in [0.1, 0.15) is 28.9 Å². The first kappa shape index (κ1) is 18.7. The fourth-order valence-electron chi connectivity index (χ4n) is 1.97. The van der Waals surface area contributed by atoms with Gasteiger partial charge in [-0.1, -0.05) is 0 Å². The van der Waals surface area contributed by atoms with E-state index in [0.717, 1.165) is 25.2 Å². The zero-order valence-corrected chi connectivity index (χ0v) is 13.0. The fourth-order valence-corrected chi connectivity index (χ4v) is 1.97. The summed E-state index contributed by atoms with van der Waals surface area (Å²) < 4.78 is 43.0. The molecular weight excluding hydrogens is 357 g/mol. The summed E-state index contributed by atoms with van der Waals surface area (Å²) >= 11 is 0. The Morgan fingerprint density at radius 2 is 1.96 bits per heavy atom. The second kappa shape index (κ2) is 7.06. The monoisotopic (exact) mass is 366 g/mol. The summed E-state index contributed by atoms with van der Waals surface area (Å²) in [7, 11) is 0.779. The molecule has 1 aromatic carbocycles. The molecule has 2 aromatic rings. The number of hydrogen-bond acceptors (Lipinski definition) is 6. The number of hydrogen-bond donors (Lipinski definition) is 0. The smallest absolute Gasteiger partial charge is 0.457 e. The lowest BCUT2D eigenvalue weighted by Crippen LogP contribution is -2.38. The van der Waals surface area contributed by atoms with Crippen molar-refractivity contribution >= 4 is 17.3 Å². The molecule has 0 saturated carbocycles. The van der Waals surface area contributed by atoms with Gasteiger partial charge in [0.15, 0.2) is 0 Å². The maximum absolute atomic E-state index is 12.5. The Morgan fingerprint density at radius 1 is 1.31 bits per heavy atom. The predicted molar refractivity (Wildman–Crippen MR) is 81.6 cm³/mol. The van der Waals surface area contributed by atoms with Crippen LogP contribution < -0.4 is 9.64 Å². The highest BCUT2D eigenvalue weighted by Crippen LogP contribution is 2.35. The fraction of sp³-hybridized carbons (Fsp3) is 0.133. The van der Waals surface area contributed by atoms with E-state index in [0.29, 0.717) is 0 Å². The average molecular weight is 366 g/mol. The summed E-state index contributed by atoms with van der Waals surface area (Å²) in [6.45, 7) is 0. The Morgan fingerprint density at radius 3 is 2.54 bits per heavy atom. The summed E-state index contributed by atoms with van der Waals surface area (Å²) in [5, 5.41) is 20.0. The van der Waals surface area contributed by atoms with Crippen LogP contribution in [0.2, 0.25) is 0 Å². The Kier molecular flexibility index (Phi) is 5.06. The molecule has 0 atom stereocenters. The number of nitro groups is 1. The van der Waals surface area contributed by atoms with Crippen LogP contribution in [0.1, 0.15) is 5.69 Å². The number of alkyl halides is 3. The first-order valence-corrected chi connectivity index (χ1v) is 6.81. The molecular formula is C15H9F3N4O4. The Balaban J connectivity index is 2.38. The van der Waals surface area contributed by atoms with Crippen molar-refractivity contribution in [3.05, 3.63) is 52.3 Å². The number of halogens is 3. The molecule has 0 bridgehead atoms. The van der Waals surface area contributed by atoms with Crippen molar-refractivity contribution in [2.75, 3.05) is 11.9 Å². The number of rotatable bonds is 4. The van der Waals surface area contributed by atoms with E-state index in [-0.39, 0.29) is 22.1 Å². The van der Waals surface area contributed by atoms with Gasteiger partial charge in [-0.05, 0) is 18.2 Å². The number of carbonyl (C=O) groups excluding carboxylic acids is 1. The van der Waals surface area contributed by atoms with Crippen LogP contribution in [0.3, 0.4) is 0 Å². The lowest BCUT2D eigenvalue weighted by atomic mass is 10.2. The van der Waals surface area contributed by atoms with Crippen molar-refractivity contribution in [1.82, 2.24) is 4.98 Å².